The Morgan fingerprint density at radius 2 is 1.92 bits per heavy atom. The summed E-state index contributed by atoms with van der Waals surface area (Å²) in [4.78, 5) is 5.40. The number of hydrogen-bond donors (Lipinski definition) is 0. The zero-order valence-corrected chi connectivity index (χ0v) is 8.63. The first kappa shape index (κ1) is 8.25. The molecule has 1 saturated carbocycles. The maximum absolute atomic E-state index is 2.76. The van der Waals surface area contributed by atoms with Crippen LogP contribution in [-0.2, 0) is 0 Å². The van der Waals surface area contributed by atoms with Gasteiger partial charge in [-0.15, -0.1) is 0 Å². The van der Waals surface area contributed by atoms with Gasteiger partial charge in [-0.25, -0.2) is 0 Å². The highest BCUT2D eigenvalue weighted by atomic mass is 15.3. The van der Waals surface area contributed by atoms with Crippen LogP contribution in [0, 0.1) is 0 Å². The molecule has 2 heteroatoms. The third kappa shape index (κ3) is 1.08. The van der Waals surface area contributed by atoms with E-state index in [2.05, 4.69) is 16.8 Å². The van der Waals surface area contributed by atoms with E-state index in [9.17, 15) is 0 Å². The summed E-state index contributed by atoms with van der Waals surface area (Å²) < 4.78 is 0. The van der Waals surface area contributed by atoms with Crippen LogP contribution >= 0.6 is 0 Å². The van der Waals surface area contributed by atoms with Gasteiger partial charge in [0.25, 0.3) is 0 Å². The largest absolute Gasteiger partial charge is 0.298 e. The van der Waals surface area contributed by atoms with Crippen molar-refractivity contribution in [2.45, 2.75) is 43.7 Å². The van der Waals surface area contributed by atoms with E-state index in [0.717, 1.165) is 6.04 Å². The Hall–Kier alpha value is -0.0800. The van der Waals surface area contributed by atoms with E-state index in [0.29, 0.717) is 5.54 Å². The summed E-state index contributed by atoms with van der Waals surface area (Å²) in [5.41, 5.74) is 0.638. The molecule has 1 aliphatic carbocycles. The molecule has 3 aliphatic rings. The highest BCUT2D eigenvalue weighted by Crippen LogP contribution is 2.50. The first-order chi connectivity index (χ1) is 6.33. The third-order valence-electron chi connectivity index (χ3n) is 4.48. The predicted molar refractivity (Wildman–Crippen MR) is 53.8 cm³/mol. The molecule has 2 aliphatic heterocycles. The lowest BCUT2D eigenvalue weighted by Gasteiger charge is -2.49. The van der Waals surface area contributed by atoms with E-state index in [1.807, 2.05) is 0 Å². The smallest absolute Gasteiger partial charge is 0.0363 e. The molecule has 0 aromatic rings. The molecule has 74 valence electrons. The van der Waals surface area contributed by atoms with E-state index in [-0.39, 0.29) is 0 Å². The van der Waals surface area contributed by atoms with Crippen LogP contribution in [0.4, 0.5) is 0 Å². The molecular formula is C11H20N2. The fraction of sp³-hybridized carbons (Fsp3) is 1.00. The number of hydrogen-bond acceptors (Lipinski definition) is 2. The lowest BCUT2D eigenvalue weighted by Crippen LogP contribution is -2.61. The van der Waals surface area contributed by atoms with Gasteiger partial charge in [0.1, 0.15) is 0 Å². The fourth-order valence-electron chi connectivity index (χ4n) is 3.47. The summed E-state index contributed by atoms with van der Waals surface area (Å²) in [7, 11) is 2.33. The van der Waals surface area contributed by atoms with Gasteiger partial charge in [0.15, 0.2) is 0 Å². The predicted octanol–water partition coefficient (Wildman–Crippen LogP) is 1.32. The van der Waals surface area contributed by atoms with E-state index >= 15 is 0 Å². The van der Waals surface area contributed by atoms with Crippen molar-refractivity contribution in [1.82, 2.24) is 9.80 Å². The molecule has 1 unspecified atom stereocenters. The van der Waals surface area contributed by atoms with Crippen molar-refractivity contribution in [3.8, 4) is 0 Å². The zero-order chi connectivity index (χ0) is 8.89. The third-order valence-corrected chi connectivity index (χ3v) is 4.48. The standard InChI is InChI=1S/C11H20N2/c1-12-8-9-13-7-3-2-4-10(13)11(12)5-6-11/h10H,2-9H2,1H3. The van der Waals surface area contributed by atoms with Gasteiger partial charge in [0.2, 0.25) is 0 Å². The molecular weight excluding hydrogens is 160 g/mol. The highest BCUT2D eigenvalue weighted by Gasteiger charge is 2.56. The van der Waals surface area contributed by atoms with Gasteiger partial charge in [0, 0.05) is 24.7 Å². The van der Waals surface area contributed by atoms with Gasteiger partial charge >= 0.3 is 0 Å². The van der Waals surface area contributed by atoms with Gasteiger partial charge in [-0.1, -0.05) is 6.42 Å². The fourth-order valence-corrected chi connectivity index (χ4v) is 3.47. The number of piperidine rings is 1. The van der Waals surface area contributed by atoms with Crippen LogP contribution in [0.3, 0.4) is 0 Å². The molecule has 2 nitrogen and oxygen atoms in total. The van der Waals surface area contributed by atoms with Crippen molar-refractivity contribution in [2.24, 2.45) is 0 Å². The molecule has 0 aromatic heterocycles. The van der Waals surface area contributed by atoms with Crippen LogP contribution in [-0.4, -0.2) is 48.1 Å². The molecule has 0 amide bonds. The summed E-state index contributed by atoms with van der Waals surface area (Å²) in [6.07, 6.45) is 7.30. The maximum atomic E-state index is 2.76. The first-order valence-corrected chi connectivity index (χ1v) is 5.78. The summed E-state index contributed by atoms with van der Waals surface area (Å²) in [5.74, 6) is 0. The zero-order valence-electron chi connectivity index (χ0n) is 8.63. The topological polar surface area (TPSA) is 6.48 Å². The van der Waals surface area contributed by atoms with Crippen molar-refractivity contribution in [1.29, 1.82) is 0 Å². The molecule has 3 rings (SSSR count). The quantitative estimate of drug-likeness (QED) is 0.555. The molecule has 1 atom stereocenters. The average Bonchev–Trinajstić information content (AvgIpc) is 2.94. The van der Waals surface area contributed by atoms with Crippen LogP contribution in [0.1, 0.15) is 32.1 Å². The molecule has 0 radical (unpaired) electrons. The Labute approximate surface area is 80.9 Å². The van der Waals surface area contributed by atoms with Crippen LogP contribution in [0.15, 0.2) is 0 Å². The SMILES string of the molecule is CN1CCN2CCCCC2C12CC2. The number of fused-ring (bicyclic) bond motifs is 2. The monoisotopic (exact) mass is 180 g/mol. The van der Waals surface area contributed by atoms with Crippen molar-refractivity contribution < 1.29 is 0 Å². The molecule has 2 heterocycles. The molecule has 0 bridgehead atoms. The van der Waals surface area contributed by atoms with E-state index in [4.69, 9.17) is 0 Å². The van der Waals surface area contributed by atoms with Gasteiger partial charge in [0.05, 0.1) is 0 Å². The normalized spacial score (nSPS) is 39.0. The lowest BCUT2D eigenvalue weighted by molar-refractivity contribution is -0.00191. The van der Waals surface area contributed by atoms with Crippen molar-refractivity contribution in [2.75, 3.05) is 26.7 Å². The maximum Gasteiger partial charge on any atom is 0.0363 e. The second-order valence-corrected chi connectivity index (χ2v) is 5.07. The Balaban J connectivity index is 1.83. The van der Waals surface area contributed by atoms with E-state index < -0.39 is 0 Å². The average molecular weight is 180 g/mol. The van der Waals surface area contributed by atoms with Crippen molar-refractivity contribution >= 4 is 0 Å². The summed E-state index contributed by atoms with van der Waals surface area (Å²) in [6, 6.07) is 0.917. The minimum atomic E-state index is 0.638. The minimum absolute atomic E-state index is 0.638. The number of nitrogens with zero attached hydrogens (tertiary/aromatic N) is 2. The van der Waals surface area contributed by atoms with Gasteiger partial charge in [-0.2, -0.15) is 0 Å². The van der Waals surface area contributed by atoms with Crippen LogP contribution in [0.25, 0.3) is 0 Å². The van der Waals surface area contributed by atoms with Crippen LogP contribution in [0.5, 0.6) is 0 Å². The Morgan fingerprint density at radius 3 is 2.69 bits per heavy atom. The molecule has 1 spiro atoms. The van der Waals surface area contributed by atoms with Crippen LogP contribution < -0.4 is 0 Å². The summed E-state index contributed by atoms with van der Waals surface area (Å²) in [5, 5.41) is 0. The van der Waals surface area contributed by atoms with E-state index in [1.165, 1.54) is 51.7 Å². The van der Waals surface area contributed by atoms with Crippen molar-refractivity contribution in [3.63, 3.8) is 0 Å². The number of piperazine rings is 1. The van der Waals surface area contributed by atoms with Gasteiger partial charge in [-0.05, 0) is 39.3 Å². The number of likely N-dealkylation sites (N-methyl/N-ethyl adjacent to an activating group) is 1. The second kappa shape index (κ2) is 2.71. The first-order valence-electron chi connectivity index (χ1n) is 5.78. The Morgan fingerprint density at radius 1 is 1.08 bits per heavy atom. The number of rotatable bonds is 0. The second-order valence-electron chi connectivity index (χ2n) is 5.07. The Bertz CT molecular complexity index is 210. The minimum Gasteiger partial charge on any atom is -0.298 e. The van der Waals surface area contributed by atoms with Gasteiger partial charge in [-0.3, -0.25) is 9.80 Å². The van der Waals surface area contributed by atoms with E-state index in [1.54, 1.807) is 0 Å². The Kier molecular flexibility index (Phi) is 1.72. The summed E-state index contributed by atoms with van der Waals surface area (Å²) in [6.45, 7) is 4.00. The van der Waals surface area contributed by atoms with Gasteiger partial charge < -0.3 is 0 Å². The molecule has 0 aromatic carbocycles. The molecule has 0 N–H and O–H groups in total. The molecule has 3 fully saturated rings. The van der Waals surface area contributed by atoms with Crippen molar-refractivity contribution in [3.05, 3.63) is 0 Å². The highest BCUT2D eigenvalue weighted by molar-refractivity contribution is 5.14. The summed E-state index contributed by atoms with van der Waals surface area (Å²) >= 11 is 0. The lowest BCUT2D eigenvalue weighted by atomic mass is 9.90. The van der Waals surface area contributed by atoms with Crippen LogP contribution in [0.2, 0.25) is 0 Å². The molecule has 2 saturated heterocycles. The molecule has 13 heavy (non-hydrogen) atoms.